The van der Waals surface area contributed by atoms with Crippen molar-refractivity contribution in [1.82, 2.24) is 4.68 Å². The maximum absolute atomic E-state index is 9.61. The second-order valence-corrected chi connectivity index (χ2v) is 6.18. The maximum atomic E-state index is 9.61. The van der Waals surface area contributed by atoms with Crippen molar-refractivity contribution >= 4 is 17.6 Å². The molecule has 0 atom stereocenters. The predicted molar refractivity (Wildman–Crippen MR) is 103 cm³/mol. The number of hydrogen-bond acceptors (Lipinski definition) is 6. The Hall–Kier alpha value is -3.06. The Kier molecular flexibility index (Phi) is 5.38. The van der Waals surface area contributed by atoms with Crippen LogP contribution in [0.15, 0.2) is 57.9 Å². The van der Waals surface area contributed by atoms with Gasteiger partial charge < -0.3 is 14.6 Å². The predicted octanol–water partition coefficient (Wildman–Crippen LogP) is 3.35. The normalized spacial score (nSPS) is 11.9. The molecule has 0 spiro atoms. The molecule has 0 aliphatic rings. The Morgan fingerprint density at radius 2 is 1.96 bits per heavy atom. The molecule has 0 aliphatic carbocycles. The fourth-order valence-corrected chi connectivity index (χ4v) is 3.28. The van der Waals surface area contributed by atoms with Gasteiger partial charge in [-0.15, -0.1) is 11.3 Å². The summed E-state index contributed by atoms with van der Waals surface area (Å²) in [7, 11) is 4.96. The minimum atomic E-state index is 0.196. The third-order valence-corrected chi connectivity index (χ3v) is 4.66. The van der Waals surface area contributed by atoms with E-state index in [1.54, 1.807) is 50.4 Å². The molecule has 0 radical (unpaired) electrons. The van der Waals surface area contributed by atoms with Crippen LogP contribution in [0.2, 0.25) is 0 Å². The van der Waals surface area contributed by atoms with Crippen molar-refractivity contribution in [1.29, 1.82) is 0 Å². The number of aromatic hydroxyl groups is 1. The van der Waals surface area contributed by atoms with E-state index in [0.717, 1.165) is 27.4 Å². The topological polar surface area (TPSA) is 68.3 Å². The lowest BCUT2D eigenvalue weighted by Gasteiger charge is -2.10. The largest absolute Gasteiger partial charge is 0.508 e. The van der Waals surface area contributed by atoms with E-state index in [2.05, 4.69) is 10.1 Å². The molecule has 134 valence electrons. The molecule has 0 unspecified atom stereocenters. The molecule has 0 saturated carbocycles. The number of phenolic OH excluding ortho intramolecular Hbond substituents is 1. The minimum Gasteiger partial charge on any atom is -0.508 e. The second-order valence-electron chi connectivity index (χ2n) is 5.34. The quantitative estimate of drug-likeness (QED) is 0.701. The minimum absolute atomic E-state index is 0.196. The lowest BCUT2D eigenvalue weighted by Crippen LogP contribution is -2.11. The molecule has 2 aromatic carbocycles. The van der Waals surface area contributed by atoms with Crippen LogP contribution in [-0.2, 0) is 0 Å². The van der Waals surface area contributed by atoms with Gasteiger partial charge in [-0.1, -0.05) is 12.1 Å². The zero-order valence-corrected chi connectivity index (χ0v) is 15.5. The summed E-state index contributed by atoms with van der Waals surface area (Å²) in [4.78, 5) is 5.03. The number of ether oxygens (including phenoxy) is 2. The maximum Gasteiger partial charge on any atom is 0.205 e. The van der Waals surface area contributed by atoms with Crippen LogP contribution in [0.1, 0.15) is 5.56 Å². The molecule has 0 saturated heterocycles. The number of phenols is 1. The fraction of sp³-hybridized carbons (Fsp3) is 0.158. The molecule has 26 heavy (non-hydrogen) atoms. The van der Waals surface area contributed by atoms with E-state index in [4.69, 9.17) is 9.47 Å². The number of nitrogens with zero attached hydrogens (tertiary/aromatic N) is 3. The first-order valence-corrected chi connectivity index (χ1v) is 8.73. The third-order valence-electron chi connectivity index (χ3n) is 3.75. The number of methoxy groups -OCH3 is 2. The van der Waals surface area contributed by atoms with Crippen molar-refractivity contribution in [2.45, 2.75) is 0 Å². The van der Waals surface area contributed by atoms with Crippen molar-refractivity contribution in [2.75, 3.05) is 21.3 Å². The van der Waals surface area contributed by atoms with Gasteiger partial charge >= 0.3 is 0 Å². The summed E-state index contributed by atoms with van der Waals surface area (Å²) in [5, 5.41) is 16.1. The van der Waals surface area contributed by atoms with E-state index >= 15 is 0 Å². The molecule has 6 nitrogen and oxygen atoms in total. The Balaban J connectivity index is 2.09. The lowest BCUT2D eigenvalue weighted by atomic mass is 10.1. The molecule has 1 heterocycles. The Labute approximate surface area is 155 Å². The van der Waals surface area contributed by atoms with Gasteiger partial charge in [-0.25, -0.2) is 4.68 Å². The van der Waals surface area contributed by atoms with Gasteiger partial charge in [-0.05, 0) is 29.8 Å². The SMILES string of the molecule is CN=c1scc(-c2ccc(OC)cc2OC)n1N=Cc1cccc(O)c1. The van der Waals surface area contributed by atoms with Crippen molar-refractivity contribution < 1.29 is 14.6 Å². The first kappa shape index (κ1) is 17.8. The highest BCUT2D eigenvalue weighted by atomic mass is 32.1. The third kappa shape index (κ3) is 3.62. The average Bonchev–Trinajstić information content (AvgIpc) is 3.08. The van der Waals surface area contributed by atoms with E-state index in [1.807, 2.05) is 29.6 Å². The summed E-state index contributed by atoms with van der Waals surface area (Å²) < 4.78 is 12.5. The van der Waals surface area contributed by atoms with Crippen molar-refractivity contribution in [3.63, 3.8) is 0 Å². The first-order valence-electron chi connectivity index (χ1n) is 7.85. The molecule has 7 heteroatoms. The monoisotopic (exact) mass is 369 g/mol. The van der Waals surface area contributed by atoms with Gasteiger partial charge in [-0.3, -0.25) is 4.99 Å². The molecular formula is C19H19N3O3S. The van der Waals surface area contributed by atoms with Crippen LogP contribution in [-0.4, -0.2) is 37.3 Å². The lowest BCUT2D eigenvalue weighted by molar-refractivity contribution is 0.395. The van der Waals surface area contributed by atoms with Crippen molar-refractivity contribution in [3.05, 3.63) is 58.2 Å². The summed E-state index contributed by atoms with van der Waals surface area (Å²) in [6.07, 6.45) is 1.68. The van der Waals surface area contributed by atoms with E-state index < -0.39 is 0 Å². The average molecular weight is 369 g/mol. The summed E-state index contributed by atoms with van der Waals surface area (Å²) in [6, 6.07) is 12.5. The molecular weight excluding hydrogens is 350 g/mol. The first-order chi connectivity index (χ1) is 12.7. The smallest absolute Gasteiger partial charge is 0.205 e. The van der Waals surface area contributed by atoms with E-state index in [1.165, 1.54) is 11.3 Å². The Morgan fingerprint density at radius 3 is 2.65 bits per heavy atom. The molecule has 1 aromatic heterocycles. The molecule has 0 fully saturated rings. The molecule has 0 amide bonds. The van der Waals surface area contributed by atoms with E-state index in [-0.39, 0.29) is 5.75 Å². The van der Waals surface area contributed by atoms with Gasteiger partial charge in [0, 0.05) is 24.1 Å². The van der Waals surface area contributed by atoms with Crippen LogP contribution in [0.5, 0.6) is 17.2 Å². The van der Waals surface area contributed by atoms with E-state index in [0.29, 0.717) is 5.75 Å². The number of benzene rings is 2. The molecule has 1 N–H and O–H groups in total. The highest BCUT2D eigenvalue weighted by Crippen LogP contribution is 2.33. The van der Waals surface area contributed by atoms with Crippen molar-refractivity contribution in [3.8, 4) is 28.5 Å². The standard InChI is InChI=1S/C19H19N3O3S/c1-20-19-22(21-11-13-5-4-6-14(23)9-13)17(12-26-19)16-8-7-15(24-2)10-18(16)25-3/h4-12,23H,1-3H3. The zero-order valence-electron chi connectivity index (χ0n) is 14.7. The number of rotatable bonds is 5. The van der Waals surface area contributed by atoms with Crippen LogP contribution < -0.4 is 14.3 Å². The van der Waals surface area contributed by atoms with Crippen LogP contribution in [0, 0.1) is 0 Å². The fourth-order valence-electron chi connectivity index (χ4n) is 2.49. The van der Waals surface area contributed by atoms with E-state index in [9.17, 15) is 5.11 Å². The summed E-state index contributed by atoms with van der Waals surface area (Å²) in [5.74, 6) is 1.60. The zero-order chi connectivity index (χ0) is 18.5. The number of hydrogen-bond donors (Lipinski definition) is 1. The highest BCUT2D eigenvalue weighted by Gasteiger charge is 2.13. The molecule has 3 aromatic rings. The van der Waals surface area contributed by atoms with Crippen LogP contribution in [0.4, 0.5) is 0 Å². The van der Waals surface area contributed by atoms with Gasteiger partial charge in [-0.2, -0.15) is 5.10 Å². The molecule has 0 bridgehead atoms. The van der Waals surface area contributed by atoms with Gasteiger partial charge in [0.05, 0.1) is 26.1 Å². The van der Waals surface area contributed by atoms with Gasteiger partial charge in [0.25, 0.3) is 0 Å². The number of aromatic nitrogens is 1. The van der Waals surface area contributed by atoms with Gasteiger partial charge in [0.15, 0.2) is 0 Å². The Morgan fingerprint density at radius 1 is 1.12 bits per heavy atom. The van der Waals surface area contributed by atoms with Crippen LogP contribution >= 0.6 is 11.3 Å². The molecule has 0 aliphatic heterocycles. The summed E-state index contributed by atoms with van der Waals surface area (Å²) in [6.45, 7) is 0. The van der Waals surface area contributed by atoms with Gasteiger partial charge in [0.1, 0.15) is 17.2 Å². The molecule has 3 rings (SSSR count). The summed E-state index contributed by atoms with van der Waals surface area (Å²) >= 11 is 1.48. The highest BCUT2D eigenvalue weighted by molar-refractivity contribution is 7.07. The van der Waals surface area contributed by atoms with Crippen molar-refractivity contribution in [2.24, 2.45) is 10.1 Å². The summed E-state index contributed by atoms with van der Waals surface area (Å²) in [5.41, 5.74) is 2.53. The number of thiazole rings is 1. The Bertz CT molecular complexity index is 1010. The van der Waals surface area contributed by atoms with Crippen LogP contribution in [0.3, 0.4) is 0 Å². The van der Waals surface area contributed by atoms with Gasteiger partial charge in [0.2, 0.25) is 4.80 Å². The second kappa shape index (κ2) is 7.88. The van der Waals surface area contributed by atoms with Crippen LogP contribution in [0.25, 0.3) is 11.3 Å².